The first-order chi connectivity index (χ1) is 14.8. The molecule has 4 rings (SSSR count). The first kappa shape index (κ1) is 20.9. The van der Waals surface area contributed by atoms with Crippen LogP contribution in [0.3, 0.4) is 0 Å². The van der Waals surface area contributed by atoms with E-state index >= 15 is 0 Å². The Hall–Kier alpha value is -2.37. The third-order valence-corrected chi connectivity index (χ3v) is 6.45. The number of carbonyl (C=O) groups excluding carboxylic acids is 1. The molecule has 160 valence electrons. The molecule has 0 spiro atoms. The topological polar surface area (TPSA) is 38.8 Å². The van der Waals surface area contributed by atoms with Gasteiger partial charge in [-0.15, -0.1) is 0 Å². The summed E-state index contributed by atoms with van der Waals surface area (Å²) in [6.07, 6.45) is 2.70. The molecule has 2 saturated heterocycles. The summed E-state index contributed by atoms with van der Waals surface area (Å²) in [4.78, 5) is 19.9. The number of rotatable bonds is 7. The molecule has 0 bridgehead atoms. The van der Waals surface area contributed by atoms with Gasteiger partial charge < -0.3 is 15.1 Å². The van der Waals surface area contributed by atoms with Crippen LogP contribution in [0, 0.1) is 0 Å². The van der Waals surface area contributed by atoms with E-state index in [1.54, 1.807) is 0 Å². The zero-order valence-electron chi connectivity index (χ0n) is 17.9. The summed E-state index contributed by atoms with van der Waals surface area (Å²) in [5, 5.41) is 3.20. The van der Waals surface area contributed by atoms with Gasteiger partial charge in [0, 0.05) is 51.7 Å². The minimum Gasteiger partial charge on any atom is -0.337 e. The minimum absolute atomic E-state index is 0.0612. The van der Waals surface area contributed by atoms with Gasteiger partial charge in [-0.3, -0.25) is 4.90 Å². The maximum absolute atomic E-state index is 12.8. The van der Waals surface area contributed by atoms with Crippen LogP contribution < -0.4 is 5.32 Å². The highest BCUT2D eigenvalue weighted by Crippen LogP contribution is 2.23. The van der Waals surface area contributed by atoms with E-state index in [-0.39, 0.29) is 11.9 Å². The largest absolute Gasteiger partial charge is 0.337 e. The molecule has 30 heavy (non-hydrogen) atoms. The van der Waals surface area contributed by atoms with Crippen LogP contribution in [-0.4, -0.2) is 79.6 Å². The Balaban J connectivity index is 1.27. The maximum atomic E-state index is 12.8. The van der Waals surface area contributed by atoms with Crippen molar-refractivity contribution >= 4 is 6.03 Å². The Kier molecular flexibility index (Phi) is 7.38. The van der Waals surface area contributed by atoms with Crippen LogP contribution >= 0.6 is 0 Å². The van der Waals surface area contributed by atoms with Crippen molar-refractivity contribution in [1.29, 1.82) is 0 Å². The molecule has 0 aromatic heterocycles. The zero-order valence-corrected chi connectivity index (χ0v) is 17.9. The summed E-state index contributed by atoms with van der Waals surface area (Å²) < 4.78 is 0. The number of amides is 2. The fourth-order valence-corrected chi connectivity index (χ4v) is 4.56. The fourth-order valence-electron chi connectivity index (χ4n) is 4.56. The molecule has 2 aromatic carbocycles. The van der Waals surface area contributed by atoms with Crippen LogP contribution in [-0.2, 0) is 0 Å². The lowest BCUT2D eigenvalue weighted by molar-refractivity contribution is 0.130. The molecule has 2 fully saturated rings. The number of benzene rings is 2. The number of piperazine rings is 1. The third-order valence-electron chi connectivity index (χ3n) is 6.45. The molecular weight excluding hydrogens is 372 g/mol. The Morgan fingerprint density at radius 1 is 0.733 bits per heavy atom. The van der Waals surface area contributed by atoms with Gasteiger partial charge in [-0.1, -0.05) is 60.7 Å². The minimum atomic E-state index is 0.0612. The summed E-state index contributed by atoms with van der Waals surface area (Å²) in [7, 11) is 0. The van der Waals surface area contributed by atoms with Crippen molar-refractivity contribution in [2.24, 2.45) is 0 Å². The number of hydrogen-bond acceptors (Lipinski definition) is 3. The van der Waals surface area contributed by atoms with E-state index < -0.39 is 0 Å². The van der Waals surface area contributed by atoms with Gasteiger partial charge in [-0.25, -0.2) is 4.79 Å². The van der Waals surface area contributed by atoms with E-state index in [2.05, 4.69) is 63.6 Å². The summed E-state index contributed by atoms with van der Waals surface area (Å²) in [6.45, 7) is 8.99. The second-order valence-corrected chi connectivity index (χ2v) is 8.44. The second kappa shape index (κ2) is 10.6. The molecule has 0 radical (unpaired) electrons. The average Bonchev–Trinajstić information content (AvgIpc) is 3.33. The molecule has 5 nitrogen and oxygen atoms in total. The average molecular weight is 407 g/mol. The van der Waals surface area contributed by atoms with E-state index in [9.17, 15) is 4.79 Å². The van der Waals surface area contributed by atoms with E-state index in [1.807, 2.05) is 17.0 Å². The van der Waals surface area contributed by atoms with Crippen LogP contribution in [0.4, 0.5) is 4.79 Å². The molecule has 0 atom stereocenters. The Bertz CT molecular complexity index is 729. The van der Waals surface area contributed by atoms with Gasteiger partial charge in [-0.2, -0.15) is 0 Å². The van der Waals surface area contributed by atoms with E-state index in [0.29, 0.717) is 6.54 Å². The normalized spacial score (nSPS) is 18.1. The van der Waals surface area contributed by atoms with Gasteiger partial charge in [0.15, 0.2) is 0 Å². The van der Waals surface area contributed by atoms with Crippen molar-refractivity contribution in [3.63, 3.8) is 0 Å². The van der Waals surface area contributed by atoms with Crippen LogP contribution in [0.2, 0.25) is 0 Å². The zero-order chi connectivity index (χ0) is 20.6. The Morgan fingerprint density at radius 3 is 1.77 bits per heavy atom. The molecule has 0 saturated carbocycles. The molecule has 2 amide bonds. The molecule has 0 aliphatic carbocycles. The molecule has 5 heteroatoms. The second-order valence-electron chi connectivity index (χ2n) is 8.44. The monoisotopic (exact) mass is 406 g/mol. The standard InChI is InChI=1S/C25H34N4O/c30-25(29-19-17-28(18-20-29)16-15-27-13-7-8-14-27)26-21-24(22-9-3-1-4-10-22)23-11-5-2-6-12-23/h1-6,9-12,24H,7-8,13-21H2,(H,26,30). The smallest absolute Gasteiger partial charge is 0.317 e. The van der Waals surface area contributed by atoms with Crippen LogP contribution in [0.25, 0.3) is 0 Å². The first-order valence-corrected chi connectivity index (χ1v) is 11.4. The van der Waals surface area contributed by atoms with Gasteiger partial charge in [0.1, 0.15) is 0 Å². The van der Waals surface area contributed by atoms with Crippen molar-refractivity contribution in [3.05, 3.63) is 71.8 Å². The number of nitrogens with one attached hydrogen (secondary N) is 1. The number of urea groups is 1. The lowest BCUT2D eigenvalue weighted by Gasteiger charge is -2.35. The molecule has 2 aliphatic heterocycles. The Morgan fingerprint density at radius 2 is 1.23 bits per heavy atom. The van der Waals surface area contributed by atoms with Gasteiger partial charge in [-0.05, 0) is 37.1 Å². The number of hydrogen-bond donors (Lipinski definition) is 1. The first-order valence-electron chi connectivity index (χ1n) is 11.4. The summed E-state index contributed by atoms with van der Waals surface area (Å²) in [5.41, 5.74) is 2.46. The van der Waals surface area contributed by atoms with Crippen molar-refractivity contribution in [1.82, 2.24) is 20.0 Å². The summed E-state index contributed by atoms with van der Waals surface area (Å²) in [5.74, 6) is 0.165. The van der Waals surface area contributed by atoms with Crippen LogP contribution in [0.5, 0.6) is 0 Å². The van der Waals surface area contributed by atoms with E-state index in [4.69, 9.17) is 0 Å². The lowest BCUT2D eigenvalue weighted by atomic mass is 9.91. The quantitative estimate of drug-likeness (QED) is 0.767. The van der Waals surface area contributed by atoms with E-state index in [0.717, 1.165) is 32.7 Å². The molecule has 2 aromatic rings. The van der Waals surface area contributed by atoms with Crippen molar-refractivity contribution in [2.45, 2.75) is 18.8 Å². The van der Waals surface area contributed by atoms with E-state index in [1.165, 1.54) is 43.6 Å². The summed E-state index contributed by atoms with van der Waals surface area (Å²) >= 11 is 0. The van der Waals surface area contributed by atoms with Gasteiger partial charge in [0.25, 0.3) is 0 Å². The molecule has 1 N–H and O–H groups in total. The number of carbonyl (C=O) groups is 1. The summed E-state index contributed by atoms with van der Waals surface area (Å²) in [6, 6.07) is 21.0. The van der Waals surface area contributed by atoms with Crippen LogP contribution in [0.1, 0.15) is 29.9 Å². The highest BCUT2D eigenvalue weighted by molar-refractivity contribution is 5.74. The Labute approximate surface area is 180 Å². The van der Waals surface area contributed by atoms with Gasteiger partial charge in [0.2, 0.25) is 0 Å². The van der Waals surface area contributed by atoms with Crippen molar-refractivity contribution in [3.8, 4) is 0 Å². The molecular formula is C25H34N4O. The van der Waals surface area contributed by atoms with Gasteiger partial charge >= 0.3 is 6.03 Å². The molecule has 2 aliphatic rings. The predicted molar refractivity (Wildman–Crippen MR) is 122 cm³/mol. The SMILES string of the molecule is O=C(NCC(c1ccccc1)c1ccccc1)N1CCN(CCN2CCCC2)CC1. The third kappa shape index (κ3) is 5.61. The number of likely N-dealkylation sites (tertiary alicyclic amines) is 1. The maximum Gasteiger partial charge on any atom is 0.317 e. The van der Waals surface area contributed by atoms with Gasteiger partial charge in [0.05, 0.1) is 0 Å². The number of nitrogens with zero attached hydrogens (tertiary/aromatic N) is 3. The highest BCUT2D eigenvalue weighted by atomic mass is 16.2. The molecule has 0 unspecified atom stereocenters. The molecule has 2 heterocycles. The van der Waals surface area contributed by atoms with Crippen LogP contribution in [0.15, 0.2) is 60.7 Å². The van der Waals surface area contributed by atoms with Crippen molar-refractivity contribution < 1.29 is 4.79 Å². The predicted octanol–water partition coefficient (Wildman–Crippen LogP) is 3.24. The fraction of sp³-hybridized carbons (Fsp3) is 0.480. The highest BCUT2D eigenvalue weighted by Gasteiger charge is 2.23. The lowest BCUT2D eigenvalue weighted by Crippen LogP contribution is -2.53. The van der Waals surface area contributed by atoms with Crippen molar-refractivity contribution in [2.75, 3.05) is 58.9 Å².